The highest BCUT2D eigenvalue weighted by atomic mass is 16.6. The van der Waals surface area contributed by atoms with Crippen LogP contribution in [0.15, 0.2) is 18.2 Å². The number of benzene rings is 1. The molecule has 0 unspecified atom stereocenters. The quantitative estimate of drug-likeness (QED) is 0.790. The molecule has 20 heavy (non-hydrogen) atoms. The molecule has 1 aliphatic rings. The maximum absolute atomic E-state index is 12.2. The molecule has 2 rings (SSSR count). The molecule has 0 radical (unpaired) electrons. The zero-order chi connectivity index (χ0) is 14.8. The Morgan fingerprint density at radius 1 is 1.25 bits per heavy atom. The lowest BCUT2D eigenvalue weighted by Crippen LogP contribution is -2.36. The summed E-state index contributed by atoms with van der Waals surface area (Å²) >= 11 is 0. The van der Waals surface area contributed by atoms with E-state index in [9.17, 15) is 4.79 Å². The second-order valence-electron chi connectivity index (χ2n) is 6.14. The predicted octanol–water partition coefficient (Wildman–Crippen LogP) is 3.38. The summed E-state index contributed by atoms with van der Waals surface area (Å²) in [6.07, 6.45) is 1.70. The first-order valence-electron chi connectivity index (χ1n) is 7.03. The van der Waals surface area contributed by atoms with Crippen molar-refractivity contribution in [3.05, 3.63) is 29.3 Å². The van der Waals surface area contributed by atoms with Crippen molar-refractivity contribution < 1.29 is 14.3 Å². The standard InChI is InChI=1S/C16H23NO3/c1-16(2,3)20-15(18)17-9-5-6-12-7-8-14(19-4)10-13(12)11-17/h7-8,10H,5-6,9,11H2,1-4H3. The van der Waals surface area contributed by atoms with Gasteiger partial charge in [-0.15, -0.1) is 0 Å². The Bertz CT molecular complexity index is 491. The summed E-state index contributed by atoms with van der Waals surface area (Å²) in [7, 11) is 1.66. The summed E-state index contributed by atoms with van der Waals surface area (Å²) < 4.78 is 10.7. The van der Waals surface area contributed by atoms with Crippen molar-refractivity contribution >= 4 is 6.09 Å². The van der Waals surface area contributed by atoms with Crippen molar-refractivity contribution in [3.63, 3.8) is 0 Å². The Balaban J connectivity index is 2.16. The van der Waals surface area contributed by atoms with E-state index in [1.165, 1.54) is 5.56 Å². The van der Waals surface area contributed by atoms with Crippen LogP contribution in [0.4, 0.5) is 4.79 Å². The Kier molecular flexibility index (Phi) is 4.21. The third-order valence-corrected chi connectivity index (χ3v) is 3.30. The average Bonchev–Trinajstić information content (AvgIpc) is 2.57. The minimum atomic E-state index is -0.458. The van der Waals surface area contributed by atoms with Crippen LogP contribution in [0, 0.1) is 0 Å². The molecule has 1 heterocycles. The number of hydrogen-bond acceptors (Lipinski definition) is 3. The van der Waals surface area contributed by atoms with Crippen LogP contribution in [0.25, 0.3) is 0 Å². The number of hydrogen-bond donors (Lipinski definition) is 0. The van der Waals surface area contributed by atoms with Gasteiger partial charge in [-0.25, -0.2) is 4.79 Å². The lowest BCUT2D eigenvalue weighted by molar-refractivity contribution is 0.0236. The van der Waals surface area contributed by atoms with Crippen molar-refractivity contribution in [3.8, 4) is 5.75 Å². The van der Waals surface area contributed by atoms with Crippen LogP contribution >= 0.6 is 0 Å². The summed E-state index contributed by atoms with van der Waals surface area (Å²) in [4.78, 5) is 14.0. The molecule has 4 nitrogen and oxygen atoms in total. The molecule has 0 N–H and O–H groups in total. The Hall–Kier alpha value is -1.71. The molecule has 0 saturated heterocycles. The van der Waals surface area contributed by atoms with Crippen molar-refractivity contribution in [2.45, 2.75) is 45.8 Å². The Morgan fingerprint density at radius 3 is 2.65 bits per heavy atom. The minimum absolute atomic E-state index is 0.242. The van der Waals surface area contributed by atoms with E-state index in [0.717, 1.165) is 30.7 Å². The van der Waals surface area contributed by atoms with Gasteiger partial charge in [-0.1, -0.05) is 6.07 Å². The van der Waals surface area contributed by atoms with Crippen LogP contribution in [0.2, 0.25) is 0 Å². The molecule has 110 valence electrons. The van der Waals surface area contributed by atoms with E-state index in [1.54, 1.807) is 12.0 Å². The molecule has 1 aromatic rings. The van der Waals surface area contributed by atoms with Gasteiger partial charge in [0.2, 0.25) is 0 Å². The average molecular weight is 277 g/mol. The monoisotopic (exact) mass is 277 g/mol. The first-order chi connectivity index (χ1) is 9.39. The molecule has 0 aromatic heterocycles. The zero-order valence-corrected chi connectivity index (χ0v) is 12.7. The van der Waals surface area contributed by atoms with Gasteiger partial charge in [0.15, 0.2) is 0 Å². The number of rotatable bonds is 1. The van der Waals surface area contributed by atoms with Crippen LogP contribution in [-0.2, 0) is 17.7 Å². The summed E-state index contributed by atoms with van der Waals surface area (Å²) in [5, 5.41) is 0. The van der Waals surface area contributed by atoms with Gasteiger partial charge in [0.05, 0.1) is 7.11 Å². The third-order valence-electron chi connectivity index (χ3n) is 3.30. The maximum atomic E-state index is 12.2. The SMILES string of the molecule is COc1ccc2c(c1)CN(C(=O)OC(C)(C)C)CCC2. The van der Waals surface area contributed by atoms with Crippen LogP contribution < -0.4 is 4.74 Å². The molecular formula is C16H23NO3. The number of nitrogens with zero attached hydrogens (tertiary/aromatic N) is 1. The van der Waals surface area contributed by atoms with E-state index in [2.05, 4.69) is 6.07 Å². The lowest BCUT2D eigenvalue weighted by Gasteiger charge is -2.26. The predicted molar refractivity (Wildman–Crippen MR) is 78.0 cm³/mol. The van der Waals surface area contributed by atoms with Crippen molar-refractivity contribution in [1.29, 1.82) is 0 Å². The van der Waals surface area contributed by atoms with Gasteiger partial charge in [-0.2, -0.15) is 0 Å². The number of methoxy groups -OCH3 is 1. The van der Waals surface area contributed by atoms with Crippen molar-refractivity contribution in [2.24, 2.45) is 0 Å². The molecule has 4 heteroatoms. The molecule has 1 aliphatic heterocycles. The molecule has 0 aliphatic carbocycles. The van der Waals surface area contributed by atoms with Crippen LogP contribution in [0.3, 0.4) is 0 Å². The summed E-state index contributed by atoms with van der Waals surface area (Å²) in [5.74, 6) is 0.829. The fourth-order valence-electron chi connectivity index (χ4n) is 2.35. The fraction of sp³-hybridized carbons (Fsp3) is 0.562. The Labute approximate surface area is 120 Å². The van der Waals surface area contributed by atoms with E-state index >= 15 is 0 Å². The highest BCUT2D eigenvalue weighted by molar-refractivity contribution is 5.68. The summed E-state index contributed by atoms with van der Waals surface area (Å²) in [6.45, 7) is 6.98. The van der Waals surface area contributed by atoms with E-state index in [1.807, 2.05) is 32.9 Å². The third kappa shape index (κ3) is 3.65. The number of ether oxygens (including phenoxy) is 2. The molecule has 0 atom stereocenters. The van der Waals surface area contributed by atoms with Gasteiger partial charge >= 0.3 is 6.09 Å². The van der Waals surface area contributed by atoms with Crippen molar-refractivity contribution in [2.75, 3.05) is 13.7 Å². The van der Waals surface area contributed by atoms with Crippen LogP contribution in [-0.4, -0.2) is 30.2 Å². The van der Waals surface area contributed by atoms with Gasteiger partial charge in [0, 0.05) is 13.1 Å². The van der Waals surface area contributed by atoms with E-state index in [0.29, 0.717) is 6.54 Å². The van der Waals surface area contributed by atoms with Gasteiger partial charge in [-0.05, 0) is 56.9 Å². The van der Waals surface area contributed by atoms with E-state index in [4.69, 9.17) is 9.47 Å². The minimum Gasteiger partial charge on any atom is -0.497 e. The van der Waals surface area contributed by atoms with E-state index < -0.39 is 5.60 Å². The van der Waals surface area contributed by atoms with E-state index in [-0.39, 0.29) is 6.09 Å². The second-order valence-corrected chi connectivity index (χ2v) is 6.14. The maximum Gasteiger partial charge on any atom is 0.410 e. The normalized spacial score (nSPS) is 15.3. The first kappa shape index (κ1) is 14.7. The topological polar surface area (TPSA) is 38.8 Å². The molecule has 0 spiro atoms. The molecule has 0 fully saturated rings. The number of fused-ring (bicyclic) bond motifs is 1. The molecule has 0 bridgehead atoms. The number of carbonyl (C=O) groups excluding carboxylic acids is 1. The van der Waals surface area contributed by atoms with Crippen LogP contribution in [0.1, 0.15) is 38.3 Å². The molecule has 1 amide bonds. The van der Waals surface area contributed by atoms with Crippen molar-refractivity contribution in [1.82, 2.24) is 4.90 Å². The molecular weight excluding hydrogens is 254 g/mol. The second kappa shape index (κ2) is 5.73. The van der Waals surface area contributed by atoms with Gasteiger partial charge in [-0.3, -0.25) is 0 Å². The van der Waals surface area contributed by atoms with Gasteiger partial charge in [0.25, 0.3) is 0 Å². The smallest absolute Gasteiger partial charge is 0.410 e. The highest BCUT2D eigenvalue weighted by Gasteiger charge is 2.24. The number of carbonyl (C=O) groups is 1. The lowest BCUT2D eigenvalue weighted by atomic mass is 10.0. The zero-order valence-electron chi connectivity index (χ0n) is 12.7. The Morgan fingerprint density at radius 2 is 2.00 bits per heavy atom. The number of aryl methyl sites for hydroxylation is 1. The largest absolute Gasteiger partial charge is 0.497 e. The molecule has 0 saturated carbocycles. The first-order valence-corrected chi connectivity index (χ1v) is 7.03. The molecule has 1 aromatic carbocycles. The number of amides is 1. The van der Waals surface area contributed by atoms with Gasteiger partial charge < -0.3 is 14.4 Å². The summed E-state index contributed by atoms with van der Waals surface area (Å²) in [6, 6.07) is 6.08. The van der Waals surface area contributed by atoms with Gasteiger partial charge in [0.1, 0.15) is 11.4 Å². The fourth-order valence-corrected chi connectivity index (χ4v) is 2.35. The summed E-state index contributed by atoms with van der Waals surface area (Å²) in [5.41, 5.74) is 1.98. The van der Waals surface area contributed by atoms with Crippen LogP contribution in [0.5, 0.6) is 5.75 Å². The highest BCUT2D eigenvalue weighted by Crippen LogP contribution is 2.24.